The highest BCUT2D eigenvalue weighted by Crippen LogP contribution is 2.39. The monoisotopic (exact) mass is 357 g/mol. The summed E-state index contributed by atoms with van der Waals surface area (Å²) in [7, 11) is 2.20. The van der Waals surface area contributed by atoms with E-state index in [1.165, 1.54) is 27.8 Å². The lowest BCUT2D eigenvalue weighted by Gasteiger charge is -2.27. The lowest BCUT2D eigenvalue weighted by atomic mass is 9.86. The maximum absolute atomic E-state index is 6.28. The van der Waals surface area contributed by atoms with Gasteiger partial charge in [-0.15, -0.1) is 0 Å². The molecule has 1 fully saturated rings. The summed E-state index contributed by atoms with van der Waals surface area (Å²) in [5.41, 5.74) is 8.44. The topological polar surface area (TPSA) is 3.24 Å². The summed E-state index contributed by atoms with van der Waals surface area (Å²) >= 11 is 12.6. The summed E-state index contributed by atoms with van der Waals surface area (Å²) < 4.78 is 0. The molecule has 2 aromatic carbocycles. The van der Waals surface area contributed by atoms with Crippen molar-refractivity contribution in [2.75, 3.05) is 20.1 Å². The average Bonchev–Trinajstić information content (AvgIpc) is 2.72. The molecule has 0 aromatic heterocycles. The quantitative estimate of drug-likeness (QED) is 0.591. The van der Waals surface area contributed by atoms with Crippen LogP contribution in [0.25, 0.3) is 5.57 Å². The van der Waals surface area contributed by atoms with Crippen LogP contribution in [0.3, 0.4) is 0 Å². The van der Waals surface area contributed by atoms with Gasteiger partial charge in [0.25, 0.3) is 0 Å². The van der Waals surface area contributed by atoms with Gasteiger partial charge in [0.05, 0.1) is 0 Å². The Hall–Kier alpha value is -1.28. The molecule has 1 aliphatic carbocycles. The van der Waals surface area contributed by atoms with Gasteiger partial charge < -0.3 is 4.90 Å². The summed E-state index contributed by atoms with van der Waals surface area (Å²) in [6, 6.07) is 12.7. The van der Waals surface area contributed by atoms with Crippen molar-refractivity contribution in [3.8, 4) is 0 Å². The molecule has 0 bridgehead atoms. The molecule has 1 nitrogen and oxygen atoms in total. The first kappa shape index (κ1) is 16.2. The van der Waals surface area contributed by atoms with Crippen LogP contribution >= 0.6 is 23.2 Å². The van der Waals surface area contributed by atoms with Crippen LogP contribution in [0.2, 0.25) is 10.0 Å². The van der Waals surface area contributed by atoms with E-state index in [1.807, 2.05) is 12.1 Å². The van der Waals surface area contributed by atoms with Gasteiger partial charge in [0.15, 0.2) is 0 Å². The normalized spacial score (nSPS) is 18.1. The fourth-order valence-electron chi connectivity index (χ4n) is 3.96. The van der Waals surface area contributed by atoms with Crippen molar-refractivity contribution in [3.63, 3.8) is 0 Å². The number of hydrogen-bond acceptors (Lipinski definition) is 1. The van der Waals surface area contributed by atoms with E-state index in [2.05, 4.69) is 36.2 Å². The highest BCUT2D eigenvalue weighted by molar-refractivity contribution is 6.31. The van der Waals surface area contributed by atoms with E-state index in [-0.39, 0.29) is 0 Å². The summed E-state index contributed by atoms with van der Waals surface area (Å²) in [4.78, 5) is 2.41. The summed E-state index contributed by atoms with van der Waals surface area (Å²) in [5, 5.41) is 1.65. The van der Waals surface area contributed by atoms with Gasteiger partial charge in [-0.1, -0.05) is 40.9 Å². The zero-order valence-corrected chi connectivity index (χ0v) is 15.4. The Morgan fingerprint density at radius 1 is 0.750 bits per heavy atom. The fourth-order valence-corrected chi connectivity index (χ4v) is 4.35. The van der Waals surface area contributed by atoms with Crippen LogP contribution < -0.4 is 0 Å². The largest absolute Gasteiger partial charge is 0.306 e. The molecule has 24 heavy (non-hydrogen) atoms. The first-order valence-electron chi connectivity index (χ1n) is 8.60. The van der Waals surface area contributed by atoms with Crippen LogP contribution in [0.4, 0.5) is 0 Å². The van der Waals surface area contributed by atoms with Gasteiger partial charge in [-0.05, 0) is 84.8 Å². The van der Waals surface area contributed by atoms with Crippen molar-refractivity contribution in [1.29, 1.82) is 0 Å². The SMILES string of the molecule is CN1CCC(=C2c3ccc(Cl)cc3CCc3cc(Cl)ccc32)CC1. The van der Waals surface area contributed by atoms with Crippen molar-refractivity contribution in [2.24, 2.45) is 0 Å². The number of aryl methyl sites for hydroxylation is 2. The molecule has 3 heteroatoms. The van der Waals surface area contributed by atoms with E-state index in [0.29, 0.717) is 0 Å². The Morgan fingerprint density at radius 2 is 1.25 bits per heavy atom. The molecule has 1 aliphatic heterocycles. The van der Waals surface area contributed by atoms with Gasteiger partial charge in [0, 0.05) is 23.1 Å². The highest BCUT2D eigenvalue weighted by atomic mass is 35.5. The molecule has 124 valence electrons. The fraction of sp³-hybridized carbons (Fsp3) is 0.333. The van der Waals surface area contributed by atoms with Gasteiger partial charge in [0.2, 0.25) is 0 Å². The van der Waals surface area contributed by atoms with Crippen LogP contribution in [0.5, 0.6) is 0 Å². The van der Waals surface area contributed by atoms with Crippen molar-refractivity contribution in [1.82, 2.24) is 4.90 Å². The predicted octanol–water partition coefficient (Wildman–Crippen LogP) is 5.62. The molecule has 1 heterocycles. The van der Waals surface area contributed by atoms with Gasteiger partial charge >= 0.3 is 0 Å². The third-order valence-electron chi connectivity index (χ3n) is 5.28. The third-order valence-corrected chi connectivity index (χ3v) is 5.75. The number of fused-ring (bicyclic) bond motifs is 2. The molecular formula is C21H21Cl2N. The van der Waals surface area contributed by atoms with Gasteiger partial charge in [-0.3, -0.25) is 0 Å². The van der Waals surface area contributed by atoms with Crippen molar-refractivity contribution in [2.45, 2.75) is 25.7 Å². The molecule has 0 N–H and O–H groups in total. The molecule has 0 amide bonds. The number of piperidine rings is 1. The molecule has 4 rings (SSSR count). The van der Waals surface area contributed by atoms with Crippen LogP contribution in [0, 0.1) is 0 Å². The van der Waals surface area contributed by atoms with Gasteiger partial charge in [0.1, 0.15) is 0 Å². The molecule has 0 spiro atoms. The Labute approximate surface area is 153 Å². The van der Waals surface area contributed by atoms with Crippen molar-refractivity contribution >= 4 is 28.8 Å². The maximum Gasteiger partial charge on any atom is 0.0409 e. The van der Waals surface area contributed by atoms with E-state index in [9.17, 15) is 0 Å². The predicted molar refractivity (Wildman–Crippen MR) is 103 cm³/mol. The smallest absolute Gasteiger partial charge is 0.0409 e. The van der Waals surface area contributed by atoms with Crippen molar-refractivity contribution < 1.29 is 0 Å². The molecule has 0 radical (unpaired) electrons. The second-order valence-corrected chi connectivity index (χ2v) is 7.76. The summed E-state index contributed by atoms with van der Waals surface area (Å²) in [6.07, 6.45) is 4.30. The number of halogens is 2. The zero-order valence-electron chi connectivity index (χ0n) is 13.9. The van der Waals surface area contributed by atoms with Crippen LogP contribution in [0.15, 0.2) is 42.0 Å². The third kappa shape index (κ3) is 3.01. The first-order valence-corrected chi connectivity index (χ1v) is 9.35. The molecule has 1 saturated heterocycles. The summed E-state index contributed by atoms with van der Waals surface area (Å²) in [6.45, 7) is 2.26. The molecule has 0 atom stereocenters. The molecule has 0 unspecified atom stereocenters. The molecule has 2 aromatic rings. The van der Waals surface area contributed by atoms with Gasteiger partial charge in [-0.2, -0.15) is 0 Å². The second-order valence-electron chi connectivity index (χ2n) is 6.88. The first-order chi connectivity index (χ1) is 11.6. The average molecular weight is 358 g/mol. The highest BCUT2D eigenvalue weighted by Gasteiger charge is 2.23. The lowest BCUT2D eigenvalue weighted by molar-refractivity contribution is 0.313. The summed E-state index contributed by atoms with van der Waals surface area (Å²) in [5.74, 6) is 0. The minimum absolute atomic E-state index is 0.825. The van der Waals surface area contributed by atoms with Crippen LogP contribution in [-0.4, -0.2) is 25.0 Å². The number of hydrogen-bond donors (Lipinski definition) is 0. The minimum Gasteiger partial charge on any atom is -0.306 e. The lowest BCUT2D eigenvalue weighted by Crippen LogP contribution is -2.27. The maximum atomic E-state index is 6.28. The van der Waals surface area contributed by atoms with Gasteiger partial charge in [-0.25, -0.2) is 0 Å². The Bertz CT molecular complexity index is 757. The van der Waals surface area contributed by atoms with Crippen LogP contribution in [0.1, 0.15) is 35.1 Å². The van der Waals surface area contributed by atoms with E-state index in [4.69, 9.17) is 23.2 Å². The minimum atomic E-state index is 0.825. The Balaban J connectivity index is 1.94. The van der Waals surface area contributed by atoms with E-state index >= 15 is 0 Å². The standard InChI is InChI=1S/C21H21Cl2N/c1-24-10-8-14(9-11-24)21-19-6-4-17(22)12-15(19)2-3-16-13-18(23)5-7-20(16)21/h4-7,12-13H,2-3,8-11H2,1H3. The molecular weight excluding hydrogens is 337 g/mol. The Kier molecular flexibility index (Phi) is 4.42. The van der Waals surface area contributed by atoms with Crippen molar-refractivity contribution in [3.05, 3.63) is 74.3 Å². The number of benzene rings is 2. The number of likely N-dealkylation sites (tertiary alicyclic amines) is 1. The van der Waals surface area contributed by atoms with E-state index < -0.39 is 0 Å². The van der Waals surface area contributed by atoms with E-state index in [0.717, 1.165) is 48.8 Å². The molecule has 2 aliphatic rings. The molecule has 0 saturated carbocycles. The van der Waals surface area contributed by atoms with Crippen LogP contribution in [-0.2, 0) is 12.8 Å². The number of rotatable bonds is 0. The van der Waals surface area contributed by atoms with E-state index in [1.54, 1.807) is 5.57 Å². The second kappa shape index (κ2) is 6.55. The number of nitrogens with zero attached hydrogens (tertiary/aromatic N) is 1. The Morgan fingerprint density at radius 3 is 1.75 bits per heavy atom. The zero-order chi connectivity index (χ0) is 16.7.